The summed E-state index contributed by atoms with van der Waals surface area (Å²) in [6.45, 7) is 0.173. The molecule has 0 aromatic heterocycles. The molecule has 16 heavy (non-hydrogen) atoms. The summed E-state index contributed by atoms with van der Waals surface area (Å²) < 4.78 is 0. The van der Waals surface area contributed by atoms with Crippen molar-refractivity contribution in [3.63, 3.8) is 0 Å². The Kier molecular flexibility index (Phi) is 5.29. The number of aryl methyl sites for hydroxylation is 1. The Morgan fingerprint density at radius 2 is 1.94 bits per heavy atom. The van der Waals surface area contributed by atoms with E-state index in [2.05, 4.69) is 0 Å². The van der Waals surface area contributed by atoms with E-state index in [1.54, 1.807) is 6.07 Å². The van der Waals surface area contributed by atoms with Gasteiger partial charge in [-0.2, -0.15) is 0 Å². The van der Waals surface area contributed by atoms with Gasteiger partial charge >= 0.3 is 5.97 Å². The van der Waals surface area contributed by atoms with Crippen LogP contribution in [0.15, 0.2) is 18.2 Å². The van der Waals surface area contributed by atoms with E-state index >= 15 is 0 Å². The molecule has 1 rings (SSSR count). The smallest absolute Gasteiger partial charge is 0.307 e. The molecular weight excluding hydrogens is 228 g/mol. The van der Waals surface area contributed by atoms with Gasteiger partial charge in [-0.3, -0.25) is 4.79 Å². The van der Waals surface area contributed by atoms with E-state index in [4.69, 9.17) is 21.8 Å². The van der Waals surface area contributed by atoms with Gasteiger partial charge in [-0.05, 0) is 30.4 Å². The van der Waals surface area contributed by atoms with Crippen LogP contribution in [0.1, 0.15) is 24.0 Å². The Labute approximate surface area is 99.7 Å². The van der Waals surface area contributed by atoms with Gasteiger partial charge in [0.1, 0.15) is 0 Å². The lowest BCUT2D eigenvalue weighted by Gasteiger charge is -2.07. The third kappa shape index (κ3) is 3.83. The SMILES string of the molecule is O=C(O)Cc1cccc(CCCCO)c1Cl. The number of halogens is 1. The molecule has 0 aliphatic heterocycles. The third-order valence-corrected chi connectivity index (χ3v) is 2.84. The Bertz CT molecular complexity index is 363. The number of benzene rings is 1. The number of aliphatic hydroxyl groups is 1. The van der Waals surface area contributed by atoms with Crippen LogP contribution in [0.2, 0.25) is 5.02 Å². The molecule has 0 saturated heterocycles. The summed E-state index contributed by atoms with van der Waals surface area (Å²) >= 11 is 6.11. The van der Waals surface area contributed by atoms with Gasteiger partial charge < -0.3 is 10.2 Å². The quantitative estimate of drug-likeness (QED) is 0.753. The van der Waals surface area contributed by atoms with Crippen LogP contribution in [-0.2, 0) is 17.6 Å². The number of carboxylic acids is 1. The fourth-order valence-corrected chi connectivity index (χ4v) is 1.84. The molecule has 0 saturated carbocycles. The average Bonchev–Trinajstić information content (AvgIpc) is 2.23. The molecule has 0 unspecified atom stereocenters. The van der Waals surface area contributed by atoms with Gasteiger partial charge in [0.15, 0.2) is 0 Å². The van der Waals surface area contributed by atoms with Crippen LogP contribution in [0.3, 0.4) is 0 Å². The molecule has 4 heteroatoms. The van der Waals surface area contributed by atoms with Crippen molar-refractivity contribution in [3.8, 4) is 0 Å². The summed E-state index contributed by atoms with van der Waals surface area (Å²) in [7, 11) is 0. The highest BCUT2D eigenvalue weighted by atomic mass is 35.5. The first-order valence-electron chi connectivity index (χ1n) is 5.24. The van der Waals surface area contributed by atoms with Crippen molar-refractivity contribution >= 4 is 17.6 Å². The number of carboxylic acid groups (broad SMARTS) is 1. The molecule has 0 atom stereocenters. The molecule has 2 N–H and O–H groups in total. The molecule has 0 bridgehead atoms. The second-order valence-corrected chi connectivity index (χ2v) is 4.02. The van der Waals surface area contributed by atoms with Crippen LogP contribution in [-0.4, -0.2) is 22.8 Å². The molecule has 0 aliphatic carbocycles. The van der Waals surface area contributed by atoms with Crippen molar-refractivity contribution in [2.24, 2.45) is 0 Å². The summed E-state index contributed by atoms with van der Waals surface area (Å²) in [6.07, 6.45) is 2.31. The fourth-order valence-electron chi connectivity index (χ4n) is 1.55. The maximum absolute atomic E-state index is 10.6. The van der Waals surface area contributed by atoms with Gasteiger partial charge in [0.05, 0.1) is 6.42 Å². The number of hydrogen-bond acceptors (Lipinski definition) is 2. The van der Waals surface area contributed by atoms with Crippen LogP contribution >= 0.6 is 11.6 Å². The maximum Gasteiger partial charge on any atom is 0.307 e. The topological polar surface area (TPSA) is 57.5 Å². The Balaban J connectivity index is 2.74. The van der Waals surface area contributed by atoms with Crippen LogP contribution in [0, 0.1) is 0 Å². The van der Waals surface area contributed by atoms with Gasteiger partial charge in [0.25, 0.3) is 0 Å². The van der Waals surface area contributed by atoms with Crippen LogP contribution in [0.25, 0.3) is 0 Å². The Morgan fingerprint density at radius 1 is 1.25 bits per heavy atom. The second-order valence-electron chi connectivity index (χ2n) is 3.64. The van der Waals surface area contributed by atoms with Crippen molar-refractivity contribution < 1.29 is 15.0 Å². The number of hydrogen-bond donors (Lipinski definition) is 2. The number of aliphatic hydroxyl groups excluding tert-OH is 1. The monoisotopic (exact) mass is 242 g/mol. The van der Waals surface area contributed by atoms with E-state index in [0.29, 0.717) is 10.6 Å². The average molecular weight is 243 g/mol. The Morgan fingerprint density at radius 3 is 2.56 bits per heavy atom. The highest BCUT2D eigenvalue weighted by molar-refractivity contribution is 6.32. The number of unbranched alkanes of at least 4 members (excludes halogenated alkanes) is 1. The summed E-state index contributed by atoms with van der Waals surface area (Å²) in [6, 6.07) is 5.44. The maximum atomic E-state index is 10.6. The van der Waals surface area contributed by atoms with Gasteiger partial charge in [0.2, 0.25) is 0 Å². The highest BCUT2D eigenvalue weighted by Gasteiger charge is 2.08. The lowest BCUT2D eigenvalue weighted by Crippen LogP contribution is -2.02. The summed E-state index contributed by atoms with van der Waals surface area (Å²) in [4.78, 5) is 10.6. The minimum absolute atomic E-state index is 0.0489. The van der Waals surface area contributed by atoms with Gasteiger partial charge in [-0.25, -0.2) is 0 Å². The van der Waals surface area contributed by atoms with E-state index < -0.39 is 5.97 Å². The molecule has 0 fully saturated rings. The predicted molar refractivity (Wildman–Crippen MR) is 62.8 cm³/mol. The second kappa shape index (κ2) is 6.51. The van der Waals surface area contributed by atoms with Gasteiger partial charge in [-0.1, -0.05) is 29.8 Å². The highest BCUT2D eigenvalue weighted by Crippen LogP contribution is 2.23. The fraction of sp³-hybridized carbons (Fsp3) is 0.417. The standard InChI is InChI=1S/C12H15ClO3/c13-12-9(4-1-2-7-14)5-3-6-10(12)8-11(15)16/h3,5-6,14H,1-2,4,7-8H2,(H,15,16). The molecule has 0 amide bonds. The zero-order valence-corrected chi connectivity index (χ0v) is 9.70. The molecule has 3 nitrogen and oxygen atoms in total. The van der Waals surface area contributed by atoms with Crippen molar-refractivity contribution in [2.45, 2.75) is 25.7 Å². The van der Waals surface area contributed by atoms with E-state index in [-0.39, 0.29) is 13.0 Å². The van der Waals surface area contributed by atoms with E-state index in [1.807, 2.05) is 12.1 Å². The Hall–Kier alpha value is -1.06. The lowest BCUT2D eigenvalue weighted by molar-refractivity contribution is -0.136. The van der Waals surface area contributed by atoms with Crippen molar-refractivity contribution in [1.29, 1.82) is 0 Å². The molecule has 1 aromatic rings. The summed E-state index contributed by atoms with van der Waals surface area (Å²) in [5.41, 5.74) is 1.60. The van der Waals surface area contributed by atoms with Crippen molar-refractivity contribution in [1.82, 2.24) is 0 Å². The predicted octanol–water partition coefficient (Wildman–Crippen LogP) is 2.28. The first-order chi connectivity index (χ1) is 7.65. The lowest BCUT2D eigenvalue weighted by atomic mass is 10.0. The van der Waals surface area contributed by atoms with Crippen molar-refractivity contribution in [3.05, 3.63) is 34.3 Å². The number of rotatable bonds is 6. The first-order valence-corrected chi connectivity index (χ1v) is 5.62. The molecule has 0 aliphatic rings. The van der Waals surface area contributed by atoms with Crippen LogP contribution in [0.5, 0.6) is 0 Å². The largest absolute Gasteiger partial charge is 0.481 e. The molecule has 0 radical (unpaired) electrons. The normalized spacial score (nSPS) is 10.4. The number of carbonyl (C=O) groups is 1. The minimum atomic E-state index is -0.880. The number of aliphatic carboxylic acids is 1. The van der Waals surface area contributed by atoms with Crippen LogP contribution in [0.4, 0.5) is 0 Å². The zero-order chi connectivity index (χ0) is 12.0. The zero-order valence-electron chi connectivity index (χ0n) is 8.95. The van der Waals surface area contributed by atoms with Gasteiger partial charge in [0, 0.05) is 11.6 Å². The van der Waals surface area contributed by atoms with Crippen molar-refractivity contribution in [2.75, 3.05) is 6.61 Å². The molecular formula is C12H15ClO3. The third-order valence-electron chi connectivity index (χ3n) is 2.35. The molecule has 1 aromatic carbocycles. The molecule has 0 heterocycles. The van der Waals surface area contributed by atoms with Crippen LogP contribution < -0.4 is 0 Å². The summed E-state index contributed by atoms with van der Waals surface area (Å²) in [5, 5.41) is 17.9. The van der Waals surface area contributed by atoms with E-state index in [1.165, 1.54) is 0 Å². The first kappa shape index (κ1) is 13.0. The van der Waals surface area contributed by atoms with E-state index in [9.17, 15) is 4.79 Å². The van der Waals surface area contributed by atoms with E-state index in [0.717, 1.165) is 24.8 Å². The molecule has 0 spiro atoms. The van der Waals surface area contributed by atoms with Gasteiger partial charge in [-0.15, -0.1) is 0 Å². The summed E-state index contributed by atoms with van der Waals surface area (Å²) in [5.74, 6) is -0.880. The molecule has 88 valence electrons. The minimum Gasteiger partial charge on any atom is -0.481 e.